The number of hydrogen-bond donors (Lipinski definition) is 2. The molecular formula is C18H16F2N2O5. The Hall–Kier alpha value is -3.36. The maximum Gasteiger partial charge on any atom is 0.256 e. The van der Waals surface area contributed by atoms with Gasteiger partial charge in [-0.2, -0.15) is 0 Å². The highest BCUT2D eigenvalue weighted by Gasteiger charge is 2.22. The number of anilines is 2. The smallest absolute Gasteiger partial charge is 0.256 e. The lowest BCUT2D eigenvalue weighted by atomic mass is 10.1. The number of ether oxygens (including phenoxy) is 3. The van der Waals surface area contributed by atoms with Gasteiger partial charge in [-0.1, -0.05) is 0 Å². The average Bonchev–Trinajstić information content (AvgIpc) is 2.64. The lowest BCUT2D eigenvalue weighted by Gasteiger charge is -2.21. The summed E-state index contributed by atoms with van der Waals surface area (Å²) in [5.74, 6) is -2.17. The largest absolute Gasteiger partial charge is 0.493 e. The highest BCUT2D eigenvalue weighted by Crippen LogP contribution is 2.40. The molecule has 2 amide bonds. The van der Waals surface area contributed by atoms with Crippen molar-refractivity contribution in [3.05, 3.63) is 41.5 Å². The molecule has 0 saturated carbocycles. The number of benzene rings is 2. The Morgan fingerprint density at radius 1 is 1.00 bits per heavy atom. The van der Waals surface area contributed by atoms with Crippen LogP contribution in [-0.2, 0) is 4.79 Å². The van der Waals surface area contributed by atoms with E-state index in [0.717, 1.165) is 6.07 Å². The third kappa shape index (κ3) is 3.91. The summed E-state index contributed by atoms with van der Waals surface area (Å²) in [7, 11) is 1.41. The summed E-state index contributed by atoms with van der Waals surface area (Å²) in [6, 6.07) is 4.42. The van der Waals surface area contributed by atoms with Crippen LogP contribution in [0.4, 0.5) is 20.2 Å². The van der Waals surface area contributed by atoms with E-state index in [2.05, 4.69) is 10.6 Å². The number of nitrogens with one attached hydrogen (secondary N) is 2. The van der Waals surface area contributed by atoms with Crippen LogP contribution in [-0.4, -0.2) is 32.1 Å². The van der Waals surface area contributed by atoms with Crippen LogP contribution in [0.1, 0.15) is 17.3 Å². The van der Waals surface area contributed by atoms with Gasteiger partial charge in [0.25, 0.3) is 5.91 Å². The fourth-order valence-corrected chi connectivity index (χ4v) is 2.53. The van der Waals surface area contributed by atoms with Crippen molar-refractivity contribution < 1.29 is 32.6 Å². The molecule has 1 aliphatic heterocycles. The Labute approximate surface area is 153 Å². The minimum atomic E-state index is -0.987. The standard InChI is InChI=1S/C18H16F2N2O5/c1-9(23)21-13-8-14(12(20)7-11(13)19)22-18(24)10-5-15(25-2)17-16(6-10)26-3-4-27-17/h5-8H,3-4H2,1-2H3,(H,21,23)(H,22,24). The van der Waals surface area contributed by atoms with Gasteiger partial charge in [0.2, 0.25) is 11.7 Å². The molecule has 0 fully saturated rings. The Kier molecular flexibility index (Phi) is 5.11. The first-order valence-electron chi connectivity index (χ1n) is 7.94. The van der Waals surface area contributed by atoms with E-state index in [9.17, 15) is 18.4 Å². The van der Waals surface area contributed by atoms with Gasteiger partial charge >= 0.3 is 0 Å². The number of rotatable bonds is 4. The van der Waals surface area contributed by atoms with Gasteiger partial charge < -0.3 is 24.8 Å². The van der Waals surface area contributed by atoms with Gasteiger partial charge in [-0.15, -0.1) is 0 Å². The van der Waals surface area contributed by atoms with Gasteiger partial charge in [0.15, 0.2) is 11.5 Å². The normalized spacial score (nSPS) is 12.3. The second kappa shape index (κ2) is 7.48. The Morgan fingerprint density at radius 3 is 2.33 bits per heavy atom. The molecule has 0 unspecified atom stereocenters. The molecule has 0 atom stereocenters. The molecule has 1 heterocycles. The molecule has 2 N–H and O–H groups in total. The molecule has 0 aliphatic carbocycles. The zero-order chi connectivity index (χ0) is 19.6. The van der Waals surface area contributed by atoms with E-state index in [1.165, 1.54) is 26.2 Å². The van der Waals surface area contributed by atoms with Crippen LogP contribution in [0.3, 0.4) is 0 Å². The van der Waals surface area contributed by atoms with Crippen LogP contribution in [0.15, 0.2) is 24.3 Å². The van der Waals surface area contributed by atoms with Crippen molar-refractivity contribution in [1.82, 2.24) is 0 Å². The van der Waals surface area contributed by atoms with Crippen molar-refractivity contribution in [2.45, 2.75) is 6.92 Å². The lowest BCUT2D eigenvalue weighted by molar-refractivity contribution is -0.114. The summed E-state index contributed by atoms with van der Waals surface area (Å²) in [6.45, 7) is 1.85. The first kappa shape index (κ1) is 18.4. The molecule has 27 heavy (non-hydrogen) atoms. The van der Waals surface area contributed by atoms with Crippen LogP contribution in [0.2, 0.25) is 0 Å². The van der Waals surface area contributed by atoms with Crippen molar-refractivity contribution >= 4 is 23.2 Å². The van der Waals surface area contributed by atoms with Gasteiger partial charge in [-0.05, 0) is 18.2 Å². The second-order valence-corrected chi connectivity index (χ2v) is 5.65. The molecule has 7 nitrogen and oxygen atoms in total. The third-order valence-corrected chi connectivity index (χ3v) is 3.71. The van der Waals surface area contributed by atoms with E-state index >= 15 is 0 Å². The molecule has 3 rings (SSSR count). The molecule has 2 aromatic rings. The molecule has 0 spiro atoms. The van der Waals surface area contributed by atoms with Gasteiger partial charge in [0, 0.05) is 18.6 Å². The predicted octanol–water partition coefficient (Wildman–Crippen LogP) is 2.96. The minimum absolute atomic E-state index is 0.126. The van der Waals surface area contributed by atoms with Gasteiger partial charge in [0.1, 0.15) is 24.8 Å². The van der Waals surface area contributed by atoms with E-state index in [-0.39, 0.29) is 22.7 Å². The number of fused-ring (bicyclic) bond motifs is 1. The van der Waals surface area contributed by atoms with Crippen molar-refractivity contribution in [2.75, 3.05) is 31.0 Å². The SMILES string of the molecule is COc1cc(C(=O)Nc2cc(NC(C)=O)c(F)cc2F)cc2c1OCCO2. The maximum atomic E-state index is 14.0. The van der Waals surface area contributed by atoms with Gasteiger partial charge in [-0.25, -0.2) is 8.78 Å². The summed E-state index contributed by atoms with van der Waals surface area (Å²) in [6.07, 6.45) is 0. The monoisotopic (exact) mass is 378 g/mol. The zero-order valence-electron chi connectivity index (χ0n) is 14.5. The fraction of sp³-hybridized carbons (Fsp3) is 0.222. The maximum absolute atomic E-state index is 14.0. The van der Waals surface area contributed by atoms with E-state index < -0.39 is 23.4 Å². The van der Waals surface area contributed by atoms with Crippen molar-refractivity contribution in [1.29, 1.82) is 0 Å². The first-order chi connectivity index (χ1) is 12.9. The minimum Gasteiger partial charge on any atom is -0.493 e. The molecule has 0 saturated heterocycles. The fourth-order valence-electron chi connectivity index (χ4n) is 2.53. The number of hydrogen-bond acceptors (Lipinski definition) is 5. The number of carbonyl (C=O) groups excluding carboxylic acids is 2. The zero-order valence-corrected chi connectivity index (χ0v) is 14.5. The molecule has 0 aromatic heterocycles. The highest BCUT2D eigenvalue weighted by molar-refractivity contribution is 6.05. The topological polar surface area (TPSA) is 85.9 Å². The van der Waals surface area contributed by atoms with Gasteiger partial charge in [0.05, 0.1) is 18.5 Å². The average molecular weight is 378 g/mol. The lowest BCUT2D eigenvalue weighted by Crippen LogP contribution is -2.18. The van der Waals surface area contributed by atoms with Crippen molar-refractivity contribution in [3.63, 3.8) is 0 Å². The third-order valence-electron chi connectivity index (χ3n) is 3.71. The second-order valence-electron chi connectivity index (χ2n) is 5.65. The first-order valence-corrected chi connectivity index (χ1v) is 7.94. The summed E-state index contributed by atoms with van der Waals surface area (Å²) < 4.78 is 43.9. The molecule has 0 bridgehead atoms. The number of methoxy groups -OCH3 is 1. The summed E-state index contributed by atoms with van der Waals surface area (Å²) >= 11 is 0. The number of carbonyl (C=O) groups is 2. The van der Waals surface area contributed by atoms with E-state index in [1.807, 2.05) is 0 Å². The number of halogens is 2. The number of amides is 2. The van der Waals surface area contributed by atoms with Crippen molar-refractivity contribution in [2.24, 2.45) is 0 Å². The Balaban J connectivity index is 1.90. The molecule has 9 heteroatoms. The van der Waals surface area contributed by atoms with Crippen LogP contribution in [0.5, 0.6) is 17.2 Å². The van der Waals surface area contributed by atoms with E-state index in [4.69, 9.17) is 14.2 Å². The molecule has 2 aromatic carbocycles. The quantitative estimate of drug-likeness (QED) is 0.854. The predicted molar refractivity (Wildman–Crippen MR) is 92.6 cm³/mol. The highest BCUT2D eigenvalue weighted by atomic mass is 19.1. The molecule has 1 aliphatic rings. The van der Waals surface area contributed by atoms with Crippen LogP contribution in [0, 0.1) is 11.6 Å². The van der Waals surface area contributed by atoms with Crippen LogP contribution < -0.4 is 24.8 Å². The molecule has 142 valence electrons. The van der Waals surface area contributed by atoms with Crippen LogP contribution in [0.25, 0.3) is 0 Å². The Morgan fingerprint density at radius 2 is 1.67 bits per heavy atom. The van der Waals surface area contributed by atoms with E-state index in [1.54, 1.807) is 0 Å². The molecule has 0 radical (unpaired) electrons. The van der Waals surface area contributed by atoms with Crippen molar-refractivity contribution in [3.8, 4) is 17.2 Å². The summed E-state index contributed by atoms with van der Waals surface area (Å²) in [5, 5.41) is 4.57. The van der Waals surface area contributed by atoms with Gasteiger partial charge in [-0.3, -0.25) is 9.59 Å². The van der Waals surface area contributed by atoms with Crippen LogP contribution >= 0.6 is 0 Å². The summed E-state index contributed by atoms with van der Waals surface area (Å²) in [4.78, 5) is 23.6. The summed E-state index contributed by atoms with van der Waals surface area (Å²) in [5.41, 5.74) is -0.418. The Bertz CT molecular complexity index is 900. The molecular weight excluding hydrogens is 362 g/mol. The van der Waals surface area contributed by atoms with E-state index in [0.29, 0.717) is 30.8 Å².